The molecule has 0 saturated carbocycles. The molecule has 1 heterocycles. The third-order valence-corrected chi connectivity index (χ3v) is 8.37. The first-order chi connectivity index (χ1) is 17.4. The molecule has 2 aliphatic rings. The standard InChI is InChI=1S/C30H37N4OP/c1-20(2)36-29-13-10-23(16-24(29)17-31)22(4)32-18-21(3)25-8-7-9-27-26(25)11-12-28(27)33-30(35)19-34-14-5-6-15-34/h7-10,13,16,18,20,28,36H,5-6,11-12,14-15,19H2,1-4H3,(H,33,35)/b21-18+,32-22?. The van der Waals surface area contributed by atoms with Crippen molar-refractivity contribution in [3.05, 3.63) is 70.4 Å². The number of rotatable bonds is 8. The molecular formula is C30H37N4OP. The van der Waals surface area contributed by atoms with Crippen molar-refractivity contribution in [1.82, 2.24) is 10.2 Å². The summed E-state index contributed by atoms with van der Waals surface area (Å²) in [7, 11) is 0.632. The normalized spacial score (nSPS) is 18.7. The van der Waals surface area contributed by atoms with Gasteiger partial charge in [0.05, 0.1) is 24.2 Å². The molecule has 1 saturated heterocycles. The van der Waals surface area contributed by atoms with E-state index in [-0.39, 0.29) is 11.9 Å². The van der Waals surface area contributed by atoms with E-state index in [1.54, 1.807) is 0 Å². The van der Waals surface area contributed by atoms with Crippen molar-refractivity contribution in [3.63, 3.8) is 0 Å². The molecule has 0 bridgehead atoms. The Balaban J connectivity index is 1.49. The van der Waals surface area contributed by atoms with Crippen molar-refractivity contribution in [1.29, 1.82) is 5.26 Å². The summed E-state index contributed by atoms with van der Waals surface area (Å²) in [6, 6.07) is 14.9. The molecule has 1 amide bonds. The van der Waals surface area contributed by atoms with Gasteiger partial charge in [0.25, 0.3) is 0 Å². The zero-order valence-electron chi connectivity index (χ0n) is 21.9. The number of amides is 1. The van der Waals surface area contributed by atoms with Gasteiger partial charge in [-0.15, -0.1) is 0 Å². The number of carbonyl (C=O) groups excluding carboxylic acids is 1. The summed E-state index contributed by atoms with van der Waals surface area (Å²) in [5.74, 6) is 0.129. The van der Waals surface area contributed by atoms with Gasteiger partial charge in [-0.3, -0.25) is 14.7 Å². The fourth-order valence-electron chi connectivity index (χ4n) is 5.19. The average Bonchev–Trinajstić information content (AvgIpc) is 3.52. The molecule has 4 rings (SSSR count). The first-order valence-electron chi connectivity index (χ1n) is 13.0. The molecule has 2 aromatic carbocycles. The number of carbonyl (C=O) groups is 1. The second-order valence-corrected chi connectivity index (χ2v) is 12.2. The van der Waals surface area contributed by atoms with Crippen molar-refractivity contribution in [3.8, 4) is 6.07 Å². The molecule has 1 fully saturated rings. The van der Waals surface area contributed by atoms with Crippen LogP contribution in [0.4, 0.5) is 0 Å². The Labute approximate surface area is 217 Å². The van der Waals surface area contributed by atoms with Crippen LogP contribution in [0.15, 0.2) is 47.6 Å². The van der Waals surface area contributed by atoms with Crippen LogP contribution in [0.25, 0.3) is 5.57 Å². The second-order valence-electron chi connectivity index (χ2n) is 10.2. The Morgan fingerprint density at radius 1 is 1.25 bits per heavy atom. The summed E-state index contributed by atoms with van der Waals surface area (Å²) in [6.45, 7) is 11.0. The maximum absolute atomic E-state index is 12.6. The van der Waals surface area contributed by atoms with Gasteiger partial charge in [-0.25, -0.2) is 0 Å². The number of allylic oxidation sites excluding steroid dienone is 1. The van der Waals surface area contributed by atoms with Crippen molar-refractivity contribution >= 4 is 31.1 Å². The highest BCUT2D eigenvalue weighted by Gasteiger charge is 2.27. The number of hydrogen-bond donors (Lipinski definition) is 1. The lowest BCUT2D eigenvalue weighted by Gasteiger charge is -2.18. The molecule has 5 nitrogen and oxygen atoms in total. The van der Waals surface area contributed by atoms with Gasteiger partial charge in [0.15, 0.2) is 0 Å². The van der Waals surface area contributed by atoms with Gasteiger partial charge in [-0.05, 0) is 97.5 Å². The molecule has 2 aromatic rings. The largest absolute Gasteiger partial charge is 0.348 e. The highest BCUT2D eigenvalue weighted by atomic mass is 31.1. The summed E-state index contributed by atoms with van der Waals surface area (Å²) >= 11 is 0. The molecule has 2 unspecified atom stereocenters. The van der Waals surface area contributed by atoms with E-state index in [0.717, 1.165) is 53.6 Å². The Morgan fingerprint density at radius 2 is 2.03 bits per heavy atom. The summed E-state index contributed by atoms with van der Waals surface area (Å²) in [6.07, 6.45) is 6.21. The second kappa shape index (κ2) is 12.0. The van der Waals surface area contributed by atoms with Gasteiger partial charge >= 0.3 is 0 Å². The zero-order chi connectivity index (χ0) is 25.7. The Kier molecular flexibility index (Phi) is 8.72. The van der Waals surface area contributed by atoms with E-state index in [4.69, 9.17) is 4.99 Å². The van der Waals surface area contributed by atoms with Crippen LogP contribution in [-0.4, -0.2) is 41.8 Å². The van der Waals surface area contributed by atoms with Gasteiger partial charge in [0.1, 0.15) is 0 Å². The molecule has 0 spiro atoms. The predicted molar refractivity (Wildman–Crippen MR) is 151 cm³/mol. The minimum Gasteiger partial charge on any atom is -0.348 e. The van der Waals surface area contributed by atoms with Crippen LogP contribution in [0.2, 0.25) is 0 Å². The maximum Gasteiger partial charge on any atom is 0.234 e. The molecule has 1 N–H and O–H groups in total. The highest BCUT2D eigenvalue weighted by Crippen LogP contribution is 2.36. The van der Waals surface area contributed by atoms with Gasteiger partial charge in [0.2, 0.25) is 5.91 Å². The van der Waals surface area contributed by atoms with E-state index in [2.05, 4.69) is 67.4 Å². The third kappa shape index (κ3) is 6.30. The molecule has 1 aliphatic carbocycles. The zero-order valence-corrected chi connectivity index (χ0v) is 22.9. The number of likely N-dealkylation sites (tertiary alicyclic amines) is 1. The molecule has 1 aliphatic heterocycles. The predicted octanol–water partition coefficient (Wildman–Crippen LogP) is 5.34. The van der Waals surface area contributed by atoms with Gasteiger partial charge in [-0.1, -0.05) is 52.8 Å². The summed E-state index contributed by atoms with van der Waals surface area (Å²) in [5.41, 5.74) is 8.01. The third-order valence-electron chi connectivity index (χ3n) is 7.05. The number of benzene rings is 2. The smallest absolute Gasteiger partial charge is 0.234 e. The van der Waals surface area contributed by atoms with Gasteiger partial charge in [-0.2, -0.15) is 5.26 Å². The topological polar surface area (TPSA) is 68.5 Å². The van der Waals surface area contributed by atoms with Crippen molar-refractivity contribution in [2.24, 2.45) is 4.99 Å². The minimum atomic E-state index is 0.0857. The van der Waals surface area contributed by atoms with E-state index in [1.807, 2.05) is 19.2 Å². The SMILES string of the molecule is CC(=N/C=C(\C)c1cccc2c1CCC2NC(=O)CN1CCCC1)c1ccc(PC(C)C)c(C#N)c1. The molecule has 0 radical (unpaired) electrons. The molecule has 36 heavy (non-hydrogen) atoms. The van der Waals surface area contributed by atoms with Crippen molar-refractivity contribution in [2.45, 2.75) is 65.1 Å². The Hall–Kier alpha value is -2.80. The number of nitrogens with zero attached hydrogens (tertiary/aromatic N) is 3. The summed E-state index contributed by atoms with van der Waals surface area (Å²) in [5, 5.41) is 14.0. The first kappa shape index (κ1) is 26.3. The Bertz CT molecular complexity index is 1220. The van der Waals surface area contributed by atoms with E-state index >= 15 is 0 Å². The lowest BCUT2D eigenvalue weighted by Crippen LogP contribution is -2.37. The van der Waals surface area contributed by atoms with E-state index in [1.165, 1.54) is 29.5 Å². The molecule has 188 valence electrons. The van der Waals surface area contributed by atoms with Crippen LogP contribution in [0.1, 0.15) is 80.8 Å². The van der Waals surface area contributed by atoms with E-state index in [9.17, 15) is 10.1 Å². The van der Waals surface area contributed by atoms with Gasteiger partial charge in [0, 0.05) is 11.9 Å². The number of hydrogen-bond acceptors (Lipinski definition) is 4. The van der Waals surface area contributed by atoms with Crippen molar-refractivity contribution in [2.75, 3.05) is 19.6 Å². The fraction of sp³-hybridized carbons (Fsp3) is 0.433. The minimum absolute atomic E-state index is 0.0857. The molecule has 0 aromatic heterocycles. The first-order valence-corrected chi connectivity index (χ1v) is 14.1. The van der Waals surface area contributed by atoms with Crippen LogP contribution in [0.5, 0.6) is 0 Å². The van der Waals surface area contributed by atoms with E-state index < -0.39 is 0 Å². The number of nitriles is 1. The monoisotopic (exact) mass is 500 g/mol. The molecule has 6 heteroatoms. The lowest BCUT2D eigenvalue weighted by atomic mass is 9.97. The molecule has 2 atom stereocenters. The van der Waals surface area contributed by atoms with Crippen LogP contribution in [0.3, 0.4) is 0 Å². The highest BCUT2D eigenvalue weighted by molar-refractivity contribution is 7.48. The lowest BCUT2D eigenvalue weighted by molar-refractivity contribution is -0.122. The van der Waals surface area contributed by atoms with Crippen LogP contribution in [-0.2, 0) is 11.2 Å². The van der Waals surface area contributed by atoms with Crippen LogP contribution >= 0.6 is 8.58 Å². The quantitative estimate of drug-likeness (QED) is 0.393. The van der Waals surface area contributed by atoms with Crippen LogP contribution < -0.4 is 10.6 Å². The molecular weight excluding hydrogens is 463 g/mol. The Morgan fingerprint density at radius 3 is 2.75 bits per heavy atom. The van der Waals surface area contributed by atoms with Crippen LogP contribution in [0, 0.1) is 11.3 Å². The van der Waals surface area contributed by atoms with E-state index in [0.29, 0.717) is 20.8 Å². The average molecular weight is 501 g/mol. The fourth-order valence-corrected chi connectivity index (χ4v) is 6.28. The number of fused-ring (bicyclic) bond motifs is 1. The maximum atomic E-state index is 12.6. The number of aliphatic imine (C=N–C) groups is 1. The van der Waals surface area contributed by atoms with Crippen molar-refractivity contribution < 1.29 is 4.79 Å². The summed E-state index contributed by atoms with van der Waals surface area (Å²) in [4.78, 5) is 19.6. The number of nitrogens with one attached hydrogen (secondary N) is 1. The summed E-state index contributed by atoms with van der Waals surface area (Å²) < 4.78 is 0. The van der Waals surface area contributed by atoms with Gasteiger partial charge < -0.3 is 5.32 Å².